The number of primary amides is 1. The van der Waals surface area contributed by atoms with E-state index < -0.39 is 0 Å². The average molecular weight is 131 g/mol. The highest BCUT2D eigenvalue weighted by molar-refractivity contribution is 5.73. The fraction of sp³-hybridized carbons (Fsp3) is 0.833. The number of rotatable bonds is 4. The molecule has 1 atom stereocenters. The molecule has 0 aromatic carbocycles. The molecule has 1 unspecified atom stereocenters. The number of carbonyl (C=O) groups is 1. The summed E-state index contributed by atoms with van der Waals surface area (Å²) in [6.45, 7) is 1.87. The molecule has 0 aliphatic rings. The van der Waals surface area contributed by atoms with Crippen LogP contribution in [-0.2, 0) is 4.79 Å². The molecule has 3 heteroatoms. The lowest BCUT2D eigenvalue weighted by molar-refractivity contribution is -0.118. The number of aliphatic hydroxyl groups is 1. The molecule has 0 radical (unpaired) electrons. The van der Waals surface area contributed by atoms with E-state index in [4.69, 9.17) is 10.8 Å². The third kappa shape index (κ3) is 5.30. The summed E-state index contributed by atoms with van der Waals surface area (Å²) in [5, 5.41) is 8.90. The first-order valence-corrected chi connectivity index (χ1v) is 3.13. The largest absolute Gasteiger partial charge is 0.393 e. The highest BCUT2D eigenvalue weighted by Crippen LogP contribution is 1.98. The van der Waals surface area contributed by atoms with Gasteiger partial charge in [-0.1, -0.05) is 6.92 Å². The first-order valence-electron chi connectivity index (χ1n) is 3.13. The molecule has 0 aromatic rings. The summed E-state index contributed by atoms with van der Waals surface area (Å²) in [4.78, 5) is 10.1. The van der Waals surface area contributed by atoms with Crippen LogP contribution in [0.1, 0.15) is 26.2 Å². The van der Waals surface area contributed by atoms with Crippen LogP contribution >= 0.6 is 0 Å². The molecule has 0 rings (SSSR count). The zero-order valence-corrected chi connectivity index (χ0v) is 5.63. The predicted molar refractivity (Wildman–Crippen MR) is 34.7 cm³/mol. The van der Waals surface area contributed by atoms with Crippen molar-refractivity contribution < 1.29 is 9.90 Å². The van der Waals surface area contributed by atoms with Crippen LogP contribution in [0.2, 0.25) is 0 Å². The zero-order valence-electron chi connectivity index (χ0n) is 5.63. The van der Waals surface area contributed by atoms with E-state index in [0.717, 1.165) is 0 Å². The zero-order chi connectivity index (χ0) is 7.28. The van der Waals surface area contributed by atoms with Crippen molar-refractivity contribution in [2.75, 3.05) is 0 Å². The SMILES string of the molecule is CCC(O)CCC(N)=O. The topological polar surface area (TPSA) is 63.3 Å². The van der Waals surface area contributed by atoms with E-state index in [1.165, 1.54) is 0 Å². The number of amides is 1. The van der Waals surface area contributed by atoms with Crippen molar-refractivity contribution >= 4 is 5.91 Å². The van der Waals surface area contributed by atoms with Crippen molar-refractivity contribution in [1.29, 1.82) is 0 Å². The molecule has 0 fully saturated rings. The Balaban J connectivity index is 3.16. The monoisotopic (exact) mass is 131 g/mol. The molecule has 3 N–H and O–H groups in total. The maximum absolute atomic E-state index is 10.1. The number of hydrogen-bond donors (Lipinski definition) is 2. The lowest BCUT2D eigenvalue weighted by atomic mass is 10.1. The molecule has 0 bridgehead atoms. The molecule has 0 saturated carbocycles. The Hall–Kier alpha value is -0.570. The summed E-state index contributed by atoms with van der Waals surface area (Å²) in [5.41, 5.74) is 4.85. The first kappa shape index (κ1) is 8.43. The van der Waals surface area contributed by atoms with Crippen molar-refractivity contribution in [2.24, 2.45) is 5.73 Å². The molecule has 54 valence electrons. The Kier molecular flexibility index (Phi) is 4.05. The maximum atomic E-state index is 10.1. The lowest BCUT2D eigenvalue weighted by Gasteiger charge is -2.03. The van der Waals surface area contributed by atoms with E-state index in [-0.39, 0.29) is 18.4 Å². The number of carbonyl (C=O) groups excluding carboxylic acids is 1. The van der Waals surface area contributed by atoms with Gasteiger partial charge in [0.05, 0.1) is 6.10 Å². The molecule has 1 amide bonds. The van der Waals surface area contributed by atoms with Gasteiger partial charge in [0, 0.05) is 6.42 Å². The summed E-state index contributed by atoms with van der Waals surface area (Å²) < 4.78 is 0. The average Bonchev–Trinajstić information content (AvgIpc) is 1.83. The molecular weight excluding hydrogens is 118 g/mol. The predicted octanol–water partition coefficient (Wildman–Crippen LogP) is 0.0228. The van der Waals surface area contributed by atoms with Crippen molar-refractivity contribution in [3.05, 3.63) is 0 Å². The van der Waals surface area contributed by atoms with Crippen LogP contribution in [0.4, 0.5) is 0 Å². The van der Waals surface area contributed by atoms with Gasteiger partial charge in [-0.05, 0) is 12.8 Å². The Labute approximate surface area is 54.9 Å². The second-order valence-electron chi connectivity index (χ2n) is 2.07. The van der Waals surface area contributed by atoms with Gasteiger partial charge >= 0.3 is 0 Å². The van der Waals surface area contributed by atoms with Crippen LogP contribution in [0.5, 0.6) is 0 Å². The number of hydrogen-bond acceptors (Lipinski definition) is 2. The molecule has 0 aromatic heterocycles. The second kappa shape index (κ2) is 4.32. The highest BCUT2D eigenvalue weighted by Gasteiger charge is 2.01. The third-order valence-electron chi connectivity index (χ3n) is 1.20. The highest BCUT2D eigenvalue weighted by atomic mass is 16.3. The lowest BCUT2D eigenvalue weighted by Crippen LogP contribution is -2.14. The van der Waals surface area contributed by atoms with E-state index in [1.807, 2.05) is 6.92 Å². The van der Waals surface area contributed by atoms with Gasteiger partial charge in [0.25, 0.3) is 0 Å². The van der Waals surface area contributed by atoms with Crippen molar-refractivity contribution in [1.82, 2.24) is 0 Å². The van der Waals surface area contributed by atoms with Crippen LogP contribution in [-0.4, -0.2) is 17.1 Å². The maximum Gasteiger partial charge on any atom is 0.217 e. The summed E-state index contributed by atoms with van der Waals surface area (Å²) in [7, 11) is 0. The van der Waals surface area contributed by atoms with E-state index in [2.05, 4.69) is 0 Å². The normalized spacial score (nSPS) is 13.1. The fourth-order valence-electron chi connectivity index (χ4n) is 0.513. The molecule has 0 saturated heterocycles. The smallest absolute Gasteiger partial charge is 0.217 e. The van der Waals surface area contributed by atoms with E-state index >= 15 is 0 Å². The summed E-state index contributed by atoms with van der Waals surface area (Å²) >= 11 is 0. The fourth-order valence-corrected chi connectivity index (χ4v) is 0.513. The van der Waals surface area contributed by atoms with Crippen molar-refractivity contribution in [3.8, 4) is 0 Å². The van der Waals surface area contributed by atoms with Crippen molar-refractivity contribution in [3.63, 3.8) is 0 Å². The molecule has 3 nitrogen and oxygen atoms in total. The standard InChI is InChI=1S/C6H13NO2/c1-2-5(8)3-4-6(7)9/h5,8H,2-4H2,1H3,(H2,7,9). The van der Waals surface area contributed by atoms with E-state index in [0.29, 0.717) is 12.8 Å². The minimum atomic E-state index is -0.363. The third-order valence-corrected chi connectivity index (χ3v) is 1.20. The summed E-state index contributed by atoms with van der Waals surface area (Å²) in [5.74, 6) is -0.345. The summed E-state index contributed by atoms with van der Waals surface area (Å²) in [6.07, 6.45) is 1.10. The summed E-state index contributed by atoms with van der Waals surface area (Å²) in [6, 6.07) is 0. The van der Waals surface area contributed by atoms with Gasteiger partial charge in [0.2, 0.25) is 5.91 Å². The Morgan fingerprint density at radius 2 is 2.33 bits per heavy atom. The number of aliphatic hydroxyl groups excluding tert-OH is 1. The Morgan fingerprint density at radius 3 is 2.67 bits per heavy atom. The minimum Gasteiger partial charge on any atom is -0.393 e. The quantitative estimate of drug-likeness (QED) is 0.565. The van der Waals surface area contributed by atoms with Gasteiger partial charge in [-0.25, -0.2) is 0 Å². The van der Waals surface area contributed by atoms with Gasteiger partial charge in [-0.15, -0.1) is 0 Å². The van der Waals surface area contributed by atoms with Crippen LogP contribution in [0, 0.1) is 0 Å². The Bertz CT molecular complexity index is 93.1. The van der Waals surface area contributed by atoms with Gasteiger partial charge in [-0.3, -0.25) is 4.79 Å². The van der Waals surface area contributed by atoms with E-state index in [9.17, 15) is 4.79 Å². The molecule has 0 aliphatic carbocycles. The Morgan fingerprint density at radius 1 is 1.78 bits per heavy atom. The molecule has 0 spiro atoms. The van der Waals surface area contributed by atoms with Crippen LogP contribution < -0.4 is 5.73 Å². The van der Waals surface area contributed by atoms with Crippen LogP contribution in [0.25, 0.3) is 0 Å². The van der Waals surface area contributed by atoms with Gasteiger partial charge in [0.15, 0.2) is 0 Å². The van der Waals surface area contributed by atoms with Gasteiger partial charge in [-0.2, -0.15) is 0 Å². The minimum absolute atomic E-state index is 0.287. The molecular formula is C6H13NO2. The first-order chi connectivity index (χ1) is 4.16. The van der Waals surface area contributed by atoms with Crippen molar-refractivity contribution in [2.45, 2.75) is 32.3 Å². The molecule has 9 heavy (non-hydrogen) atoms. The van der Waals surface area contributed by atoms with Crippen LogP contribution in [0.3, 0.4) is 0 Å². The van der Waals surface area contributed by atoms with Gasteiger partial charge in [0.1, 0.15) is 0 Å². The number of nitrogens with two attached hydrogens (primary N) is 1. The van der Waals surface area contributed by atoms with Crippen LogP contribution in [0.15, 0.2) is 0 Å². The molecule has 0 heterocycles. The van der Waals surface area contributed by atoms with E-state index in [1.54, 1.807) is 0 Å². The molecule has 0 aliphatic heterocycles. The van der Waals surface area contributed by atoms with Gasteiger partial charge < -0.3 is 10.8 Å². The second-order valence-corrected chi connectivity index (χ2v) is 2.07.